The molecule has 0 radical (unpaired) electrons. The summed E-state index contributed by atoms with van der Waals surface area (Å²) in [5.74, 6) is 0.177. The van der Waals surface area contributed by atoms with Crippen LogP contribution in [-0.4, -0.2) is 13.2 Å². The van der Waals surface area contributed by atoms with Gasteiger partial charge in [0, 0.05) is 0 Å². The highest BCUT2D eigenvalue weighted by Gasteiger charge is 2.02. The van der Waals surface area contributed by atoms with Crippen molar-refractivity contribution in [3.05, 3.63) is 29.8 Å². The Morgan fingerprint density at radius 2 is 1.79 bits per heavy atom. The summed E-state index contributed by atoms with van der Waals surface area (Å²) in [7, 11) is 0. The smallest absolute Gasteiger partial charge is 0.387 e. The van der Waals surface area contributed by atoms with E-state index in [-0.39, 0.29) is 18.2 Å². The molecular formula is C9H12ClF2NO. The standard InChI is InChI=1S/C9H11F2NO.ClH/c10-9(11)13-8-3-1-7(2-4-8)5-6-12;/h1-4,9H,5-6,12H2;1H. The quantitative estimate of drug-likeness (QED) is 0.850. The Labute approximate surface area is 87.5 Å². The van der Waals surface area contributed by atoms with E-state index in [2.05, 4.69) is 4.74 Å². The Hall–Kier alpha value is -0.870. The van der Waals surface area contributed by atoms with Gasteiger partial charge in [0.2, 0.25) is 0 Å². The highest BCUT2D eigenvalue weighted by atomic mass is 35.5. The molecule has 80 valence electrons. The number of hydrogen-bond donors (Lipinski definition) is 1. The second-order valence-electron chi connectivity index (χ2n) is 2.56. The monoisotopic (exact) mass is 223 g/mol. The predicted molar refractivity (Wildman–Crippen MR) is 53.1 cm³/mol. The average Bonchev–Trinajstić information content (AvgIpc) is 2.08. The van der Waals surface area contributed by atoms with Crippen LogP contribution in [-0.2, 0) is 6.42 Å². The van der Waals surface area contributed by atoms with Gasteiger partial charge < -0.3 is 10.5 Å². The van der Waals surface area contributed by atoms with Gasteiger partial charge in [-0.2, -0.15) is 8.78 Å². The average molecular weight is 224 g/mol. The number of benzene rings is 1. The number of hydrogen-bond acceptors (Lipinski definition) is 2. The topological polar surface area (TPSA) is 35.2 Å². The fourth-order valence-electron chi connectivity index (χ4n) is 1.00. The van der Waals surface area contributed by atoms with E-state index in [1.54, 1.807) is 12.1 Å². The summed E-state index contributed by atoms with van der Waals surface area (Å²) >= 11 is 0. The zero-order chi connectivity index (χ0) is 9.68. The lowest BCUT2D eigenvalue weighted by Gasteiger charge is -2.04. The Kier molecular flexibility index (Phi) is 6.16. The Bertz CT molecular complexity index is 253. The maximum Gasteiger partial charge on any atom is 0.387 e. The molecule has 0 amide bonds. The highest BCUT2D eigenvalue weighted by molar-refractivity contribution is 5.85. The fourth-order valence-corrected chi connectivity index (χ4v) is 1.00. The van der Waals surface area contributed by atoms with E-state index < -0.39 is 6.61 Å². The molecule has 0 atom stereocenters. The van der Waals surface area contributed by atoms with Crippen molar-refractivity contribution in [1.29, 1.82) is 0 Å². The third-order valence-electron chi connectivity index (χ3n) is 1.58. The predicted octanol–water partition coefficient (Wildman–Crippen LogP) is 2.21. The van der Waals surface area contributed by atoms with Crippen LogP contribution in [0.1, 0.15) is 5.56 Å². The van der Waals surface area contributed by atoms with E-state index in [4.69, 9.17) is 5.73 Å². The van der Waals surface area contributed by atoms with Crippen molar-refractivity contribution in [3.63, 3.8) is 0 Å². The van der Waals surface area contributed by atoms with Gasteiger partial charge in [0.25, 0.3) is 0 Å². The molecule has 0 heterocycles. The summed E-state index contributed by atoms with van der Waals surface area (Å²) in [4.78, 5) is 0. The largest absolute Gasteiger partial charge is 0.435 e. The van der Waals surface area contributed by atoms with Crippen LogP contribution in [0.3, 0.4) is 0 Å². The van der Waals surface area contributed by atoms with Crippen LogP contribution in [0.15, 0.2) is 24.3 Å². The second kappa shape index (κ2) is 6.56. The number of nitrogens with two attached hydrogens (primary N) is 1. The minimum absolute atomic E-state index is 0. The van der Waals surface area contributed by atoms with E-state index >= 15 is 0 Å². The Morgan fingerprint density at radius 3 is 2.21 bits per heavy atom. The summed E-state index contributed by atoms with van der Waals surface area (Å²) in [6.45, 7) is -2.21. The third-order valence-corrected chi connectivity index (χ3v) is 1.58. The number of halogens is 3. The molecule has 0 spiro atoms. The number of rotatable bonds is 4. The molecule has 1 rings (SSSR count). The van der Waals surface area contributed by atoms with Crippen molar-refractivity contribution in [2.24, 2.45) is 5.73 Å². The van der Waals surface area contributed by atoms with Crippen molar-refractivity contribution in [2.75, 3.05) is 6.54 Å². The highest BCUT2D eigenvalue weighted by Crippen LogP contribution is 2.14. The van der Waals surface area contributed by atoms with Crippen molar-refractivity contribution in [2.45, 2.75) is 13.0 Å². The van der Waals surface area contributed by atoms with Gasteiger partial charge in [0.05, 0.1) is 0 Å². The third kappa shape index (κ3) is 4.39. The SMILES string of the molecule is Cl.NCCc1ccc(OC(F)F)cc1. The fraction of sp³-hybridized carbons (Fsp3) is 0.333. The molecule has 0 aliphatic rings. The summed E-state index contributed by atoms with van der Waals surface area (Å²) < 4.78 is 27.6. The molecule has 1 aromatic carbocycles. The lowest BCUT2D eigenvalue weighted by molar-refractivity contribution is -0.0498. The molecule has 1 aromatic rings. The molecule has 0 saturated carbocycles. The first-order valence-electron chi connectivity index (χ1n) is 3.96. The minimum Gasteiger partial charge on any atom is -0.435 e. The molecule has 0 aliphatic carbocycles. The van der Waals surface area contributed by atoms with Gasteiger partial charge in [-0.25, -0.2) is 0 Å². The van der Waals surface area contributed by atoms with E-state index in [0.29, 0.717) is 6.54 Å². The molecule has 14 heavy (non-hydrogen) atoms. The minimum atomic E-state index is -2.76. The summed E-state index contributed by atoms with van der Waals surface area (Å²) in [5.41, 5.74) is 6.35. The van der Waals surface area contributed by atoms with Crippen molar-refractivity contribution in [3.8, 4) is 5.75 Å². The lowest BCUT2D eigenvalue weighted by Crippen LogP contribution is -2.04. The molecule has 0 aliphatic heterocycles. The van der Waals surface area contributed by atoms with Gasteiger partial charge in [-0.05, 0) is 30.7 Å². The molecule has 0 saturated heterocycles. The van der Waals surface area contributed by atoms with Gasteiger partial charge >= 0.3 is 6.61 Å². The van der Waals surface area contributed by atoms with Gasteiger partial charge in [-0.1, -0.05) is 12.1 Å². The maximum absolute atomic E-state index is 11.7. The summed E-state index contributed by atoms with van der Waals surface area (Å²) in [5, 5.41) is 0. The molecule has 0 aromatic heterocycles. The molecule has 2 nitrogen and oxygen atoms in total. The molecule has 0 unspecified atom stereocenters. The van der Waals surface area contributed by atoms with Gasteiger partial charge in [0.1, 0.15) is 5.75 Å². The van der Waals surface area contributed by atoms with Crippen molar-refractivity contribution in [1.82, 2.24) is 0 Å². The first-order chi connectivity index (χ1) is 6.22. The molecule has 2 N–H and O–H groups in total. The second-order valence-corrected chi connectivity index (χ2v) is 2.56. The summed E-state index contributed by atoms with van der Waals surface area (Å²) in [6, 6.07) is 6.48. The van der Waals surface area contributed by atoms with Crippen molar-refractivity contribution >= 4 is 12.4 Å². The maximum atomic E-state index is 11.7. The van der Waals surface area contributed by atoms with Crippen LogP contribution in [0, 0.1) is 0 Å². The summed E-state index contributed by atoms with van der Waals surface area (Å²) in [6.07, 6.45) is 0.745. The van der Waals surface area contributed by atoms with Crippen LogP contribution in [0.2, 0.25) is 0 Å². The van der Waals surface area contributed by atoms with Gasteiger partial charge in [-0.3, -0.25) is 0 Å². The molecule has 0 bridgehead atoms. The van der Waals surface area contributed by atoms with E-state index in [1.807, 2.05) is 0 Å². The van der Waals surface area contributed by atoms with Crippen LogP contribution in [0.25, 0.3) is 0 Å². The Balaban J connectivity index is 0.00000169. The van der Waals surface area contributed by atoms with Gasteiger partial charge in [-0.15, -0.1) is 12.4 Å². The Morgan fingerprint density at radius 1 is 1.21 bits per heavy atom. The van der Waals surface area contributed by atoms with Crippen LogP contribution in [0.5, 0.6) is 5.75 Å². The number of alkyl halides is 2. The molecular weight excluding hydrogens is 212 g/mol. The lowest BCUT2D eigenvalue weighted by atomic mass is 10.1. The molecule has 0 fully saturated rings. The van der Waals surface area contributed by atoms with Crippen LogP contribution in [0.4, 0.5) is 8.78 Å². The van der Waals surface area contributed by atoms with E-state index in [1.165, 1.54) is 12.1 Å². The van der Waals surface area contributed by atoms with Crippen LogP contribution < -0.4 is 10.5 Å². The van der Waals surface area contributed by atoms with Crippen molar-refractivity contribution < 1.29 is 13.5 Å². The van der Waals surface area contributed by atoms with Gasteiger partial charge in [0.15, 0.2) is 0 Å². The molecule has 5 heteroatoms. The van der Waals surface area contributed by atoms with E-state index in [9.17, 15) is 8.78 Å². The first kappa shape index (κ1) is 13.1. The first-order valence-corrected chi connectivity index (χ1v) is 3.96. The zero-order valence-electron chi connectivity index (χ0n) is 7.45. The zero-order valence-corrected chi connectivity index (χ0v) is 8.27. The van der Waals surface area contributed by atoms with Crippen LogP contribution >= 0.6 is 12.4 Å². The number of ether oxygens (including phenoxy) is 1. The normalized spacial score (nSPS) is 9.71. The van der Waals surface area contributed by atoms with E-state index in [0.717, 1.165) is 12.0 Å².